The molecule has 2 nitrogen and oxygen atoms in total. The van der Waals surface area contributed by atoms with Crippen LogP contribution >= 0.6 is 0 Å². The molecule has 5 heteroatoms. The lowest BCUT2D eigenvalue weighted by molar-refractivity contribution is -0.136. The van der Waals surface area contributed by atoms with E-state index >= 15 is 0 Å². The average molecular weight is 278 g/mol. The van der Waals surface area contributed by atoms with Crippen LogP contribution in [0.3, 0.4) is 0 Å². The molecule has 2 aliphatic rings. The van der Waals surface area contributed by atoms with E-state index in [-0.39, 0.29) is 6.42 Å². The lowest BCUT2D eigenvalue weighted by atomic mass is 9.97. The van der Waals surface area contributed by atoms with Crippen LogP contribution in [0.1, 0.15) is 51.9 Å². The number of alkyl halides is 3. The Morgan fingerprint density at radius 3 is 2.32 bits per heavy atom. The maximum Gasteiger partial charge on any atom is 0.389 e. The number of halogens is 3. The second kappa shape index (κ2) is 6.44. The predicted molar refractivity (Wildman–Crippen MR) is 70.1 cm³/mol. The zero-order valence-electron chi connectivity index (χ0n) is 11.7. The summed E-state index contributed by atoms with van der Waals surface area (Å²) in [5.74, 6) is 0. The third kappa shape index (κ3) is 4.35. The lowest BCUT2D eigenvalue weighted by Gasteiger charge is -2.39. The molecule has 0 aromatic rings. The minimum Gasteiger partial charge on any atom is -0.314 e. The highest BCUT2D eigenvalue weighted by Gasteiger charge is 2.40. The van der Waals surface area contributed by atoms with Gasteiger partial charge in [-0.2, -0.15) is 13.2 Å². The maximum atomic E-state index is 12.2. The molecule has 2 heterocycles. The molecule has 2 aliphatic heterocycles. The van der Waals surface area contributed by atoms with Gasteiger partial charge in [0.2, 0.25) is 0 Å². The predicted octanol–water partition coefficient (Wildman–Crippen LogP) is 3.32. The van der Waals surface area contributed by atoms with Crippen molar-refractivity contribution >= 4 is 0 Å². The Balaban J connectivity index is 1.76. The van der Waals surface area contributed by atoms with Gasteiger partial charge in [0.05, 0.1) is 0 Å². The number of hydrogen-bond acceptors (Lipinski definition) is 2. The van der Waals surface area contributed by atoms with Crippen LogP contribution in [0, 0.1) is 0 Å². The fraction of sp³-hybridized carbons (Fsp3) is 1.00. The summed E-state index contributed by atoms with van der Waals surface area (Å²) in [5, 5.41) is 3.57. The lowest BCUT2D eigenvalue weighted by Crippen LogP contribution is -2.49. The Labute approximate surface area is 113 Å². The summed E-state index contributed by atoms with van der Waals surface area (Å²) >= 11 is 0. The first kappa shape index (κ1) is 15.1. The van der Waals surface area contributed by atoms with Gasteiger partial charge >= 0.3 is 6.18 Å². The first-order chi connectivity index (χ1) is 8.99. The van der Waals surface area contributed by atoms with Gasteiger partial charge in [0, 0.05) is 24.5 Å². The summed E-state index contributed by atoms with van der Waals surface area (Å²) in [6.07, 6.45) is 1.32. The Hall–Kier alpha value is -0.290. The molecule has 0 aromatic carbocycles. The fourth-order valence-electron chi connectivity index (χ4n) is 3.62. The monoisotopic (exact) mass is 278 g/mol. The molecule has 0 radical (unpaired) electrons. The third-order valence-corrected chi connectivity index (χ3v) is 4.44. The topological polar surface area (TPSA) is 15.3 Å². The molecular formula is C14H25F3N2. The van der Waals surface area contributed by atoms with Crippen molar-refractivity contribution in [3.63, 3.8) is 0 Å². The average Bonchev–Trinajstić information content (AvgIpc) is 2.58. The van der Waals surface area contributed by atoms with Gasteiger partial charge in [-0.1, -0.05) is 6.92 Å². The highest BCUT2D eigenvalue weighted by atomic mass is 19.4. The van der Waals surface area contributed by atoms with E-state index in [4.69, 9.17) is 0 Å². The normalized spacial score (nSPS) is 31.9. The second-order valence-corrected chi connectivity index (χ2v) is 5.96. The molecule has 0 aromatic heterocycles. The van der Waals surface area contributed by atoms with Gasteiger partial charge in [-0.25, -0.2) is 0 Å². The van der Waals surface area contributed by atoms with Crippen LogP contribution in [0.2, 0.25) is 0 Å². The van der Waals surface area contributed by atoms with Crippen molar-refractivity contribution in [2.45, 2.75) is 76.2 Å². The number of nitrogens with zero attached hydrogens (tertiary/aromatic N) is 1. The molecule has 0 aliphatic carbocycles. The number of rotatable bonds is 6. The standard InChI is InChI=1S/C14H25F3N2/c1-2-7-18-11-9-12-4-5-13(10-11)19(12)8-3-6-14(15,16)17/h11-13,18H,2-10H2,1H3. The van der Waals surface area contributed by atoms with Crippen LogP contribution in [0.5, 0.6) is 0 Å². The number of hydrogen-bond donors (Lipinski definition) is 1. The van der Waals surface area contributed by atoms with Crippen molar-refractivity contribution < 1.29 is 13.2 Å². The maximum absolute atomic E-state index is 12.2. The first-order valence-electron chi connectivity index (χ1n) is 7.55. The van der Waals surface area contributed by atoms with E-state index in [2.05, 4.69) is 17.1 Å². The SMILES string of the molecule is CCCNC1CC2CCC(C1)N2CCCC(F)(F)F. The molecule has 112 valence electrons. The Kier molecular flexibility index (Phi) is 5.12. The van der Waals surface area contributed by atoms with Crippen LogP contribution in [0.25, 0.3) is 0 Å². The van der Waals surface area contributed by atoms with Crippen LogP contribution in [-0.2, 0) is 0 Å². The summed E-state index contributed by atoms with van der Waals surface area (Å²) in [4.78, 5) is 2.34. The third-order valence-electron chi connectivity index (χ3n) is 4.44. The van der Waals surface area contributed by atoms with Crippen molar-refractivity contribution in [3.8, 4) is 0 Å². The Morgan fingerprint density at radius 1 is 1.16 bits per heavy atom. The molecule has 2 fully saturated rings. The molecule has 0 spiro atoms. The van der Waals surface area contributed by atoms with E-state index in [9.17, 15) is 13.2 Å². The van der Waals surface area contributed by atoms with E-state index in [0.717, 1.165) is 25.8 Å². The van der Waals surface area contributed by atoms with Gasteiger partial charge in [0.1, 0.15) is 0 Å². The summed E-state index contributed by atoms with van der Waals surface area (Å²) in [6, 6.07) is 1.61. The summed E-state index contributed by atoms with van der Waals surface area (Å²) in [6.45, 7) is 3.83. The largest absolute Gasteiger partial charge is 0.389 e. The van der Waals surface area contributed by atoms with Crippen LogP contribution in [-0.4, -0.2) is 42.3 Å². The Morgan fingerprint density at radius 2 is 1.79 bits per heavy atom. The molecule has 2 atom stereocenters. The molecule has 2 saturated heterocycles. The van der Waals surface area contributed by atoms with Gasteiger partial charge in [-0.15, -0.1) is 0 Å². The van der Waals surface area contributed by atoms with E-state index in [1.54, 1.807) is 0 Å². The van der Waals surface area contributed by atoms with Crippen molar-refractivity contribution in [1.82, 2.24) is 10.2 Å². The van der Waals surface area contributed by atoms with E-state index in [1.165, 1.54) is 12.8 Å². The van der Waals surface area contributed by atoms with Gasteiger partial charge < -0.3 is 5.32 Å². The van der Waals surface area contributed by atoms with Crippen LogP contribution in [0.15, 0.2) is 0 Å². The van der Waals surface area contributed by atoms with Crippen LogP contribution in [0.4, 0.5) is 13.2 Å². The number of piperidine rings is 1. The summed E-state index contributed by atoms with van der Waals surface area (Å²) < 4.78 is 36.6. The number of fused-ring (bicyclic) bond motifs is 2. The molecule has 1 N–H and O–H groups in total. The smallest absolute Gasteiger partial charge is 0.314 e. The minimum absolute atomic E-state index is 0.254. The molecule has 0 saturated carbocycles. The minimum atomic E-state index is -4.00. The van der Waals surface area contributed by atoms with E-state index < -0.39 is 12.6 Å². The van der Waals surface area contributed by atoms with Gasteiger partial charge in [0.15, 0.2) is 0 Å². The van der Waals surface area contributed by atoms with Crippen molar-refractivity contribution in [3.05, 3.63) is 0 Å². The zero-order chi connectivity index (χ0) is 13.9. The van der Waals surface area contributed by atoms with E-state index in [0.29, 0.717) is 24.7 Å². The van der Waals surface area contributed by atoms with E-state index in [1.807, 2.05) is 0 Å². The van der Waals surface area contributed by atoms with Gasteiger partial charge in [0.25, 0.3) is 0 Å². The molecule has 2 rings (SSSR count). The summed E-state index contributed by atoms with van der Waals surface area (Å²) in [5.41, 5.74) is 0. The molecular weight excluding hydrogens is 253 g/mol. The highest BCUT2D eigenvalue weighted by Crippen LogP contribution is 2.36. The quantitative estimate of drug-likeness (QED) is 0.802. The number of nitrogens with one attached hydrogen (secondary N) is 1. The van der Waals surface area contributed by atoms with Crippen LogP contribution < -0.4 is 5.32 Å². The van der Waals surface area contributed by atoms with Crippen molar-refractivity contribution in [2.24, 2.45) is 0 Å². The second-order valence-electron chi connectivity index (χ2n) is 5.96. The van der Waals surface area contributed by atoms with Crippen molar-refractivity contribution in [1.29, 1.82) is 0 Å². The van der Waals surface area contributed by atoms with Gasteiger partial charge in [-0.3, -0.25) is 4.90 Å². The molecule has 2 unspecified atom stereocenters. The Bertz CT molecular complexity index is 266. The van der Waals surface area contributed by atoms with Crippen molar-refractivity contribution in [2.75, 3.05) is 13.1 Å². The first-order valence-corrected chi connectivity index (χ1v) is 7.55. The molecule has 0 amide bonds. The fourth-order valence-corrected chi connectivity index (χ4v) is 3.62. The molecule has 2 bridgehead atoms. The molecule has 19 heavy (non-hydrogen) atoms. The van der Waals surface area contributed by atoms with Gasteiger partial charge in [-0.05, 0) is 51.6 Å². The highest BCUT2D eigenvalue weighted by molar-refractivity contribution is 4.97. The zero-order valence-corrected chi connectivity index (χ0v) is 11.7. The summed E-state index contributed by atoms with van der Waals surface area (Å²) in [7, 11) is 0.